The second-order valence-electron chi connectivity index (χ2n) is 9.64. The van der Waals surface area contributed by atoms with E-state index < -0.39 is 28.5 Å². The second kappa shape index (κ2) is 13.5. The molecule has 0 saturated carbocycles. The monoisotopic (exact) mass is 611 g/mol. The van der Waals surface area contributed by atoms with E-state index in [4.69, 9.17) is 23.2 Å². The van der Waals surface area contributed by atoms with Gasteiger partial charge in [-0.3, -0.25) is 9.59 Å². The molecule has 4 aromatic carbocycles. The maximum Gasteiger partial charge on any atom is 0.243 e. The molecule has 10 heteroatoms. The number of hydrogen-bond acceptors (Lipinski definition) is 4. The SMILES string of the molecule is CCNC(=O)[C@H](Cc1ccccc1)N(Cc1ccc(Cl)c(Cl)c1)C(=O)CN(C)S(=O)(=O)c1ccc2ccccc2c1. The molecule has 0 aliphatic carbocycles. The van der Waals surface area contributed by atoms with E-state index in [0.29, 0.717) is 22.2 Å². The first kappa shape index (κ1) is 30.5. The Balaban J connectivity index is 1.67. The van der Waals surface area contributed by atoms with Crippen LogP contribution in [0.4, 0.5) is 0 Å². The number of amides is 2. The van der Waals surface area contributed by atoms with E-state index in [1.54, 1.807) is 37.3 Å². The second-order valence-corrected chi connectivity index (χ2v) is 12.5. The third-order valence-corrected chi connectivity index (χ3v) is 9.28. The molecule has 4 rings (SSSR count). The summed E-state index contributed by atoms with van der Waals surface area (Å²) < 4.78 is 28.0. The lowest BCUT2D eigenvalue weighted by Gasteiger charge is -2.32. The number of sulfonamides is 1. The van der Waals surface area contributed by atoms with Gasteiger partial charge in [0.05, 0.1) is 21.5 Å². The standard InChI is InChI=1S/C31H31Cl2N3O4S/c1-3-34-31(38)29(18-22-9-5-4-6-10-22)36(20-23-13-16-27(32)28(33)17-23)30(37)21-35(2)41(39,40)26-15-14-24-11-7-8-12-25(24)19-26/h4-17,19,29H,3,18,20-21H2,1-2H3,(H,34,38)/t29-/m0/s1. The van der Waals surface area contributed by atoms with Gasteiger partial charge in [-0.05, 0) is 53.1 Å². The van der Waals surface area contributed by atoms with Crippen LogP contribution in [-0.4, -0.2) is 55.6 Å². The number of halogens is 2. The normalized spacial score (nSPS) is 12.3. The largest absolute Gasteiger partial charge is 0.355 e. The van der Waals surface area contributed by atoms with Gasteiger partial charge in [0.25, 0.3) is 0 Å². The molecular weight excluding hydrogens is 581 g/mol. The molecule has 0 saturated heterocycles. The third-order valence-electron chi connectivity index (χ3n) is 6.75. The van der Waals surface area contributed by atoms with E-state index in [2.05, 4.69) is 5.32 Å². The minimum Gasteiger partial charge on any atom is -0.355 e. The molecule has 0 bridgehead atoms. The van der Waals surface area contributed by atoms with Crippen LogP contribution >= 0.6 is 23.2 Å². The lowest BCUT2D eigenvalue weighted by Crippen LogP contribution is -2.53. The fraction of sp³-hybridized carbons (Fsp3) is 0.226. The lowest BCUT2D eigenvalue weighted by atomic mass is 10.0. The van der Waals surface area contributed by atoms with Crippen LogP contribution in [0, 0.1) is 0 Å². The Morgan fingerprint density at radius 1 is 0.829 bits per heavy atom. The first-order valence-corrected chi connectivity index (χ1v) is 15.3. The van der Waals surface area contributed by atoms with Gasteiger partial charge in [0, 0.05) is 26.6 Å². The zero-order chi connectivity index (χ0) is 29.6. The topological polar surface area (TPSA) is 86.8 Å². The van der Waals surface area contributed by atoms with Crippen LogP contribution in [0.15, 0.2) is 95.9 Å². The highest BCUT2D eigenvalue weighted by Gasteiger charge is 2.33. The highest BCUT2D eigenvalue weighted by molar-refractivity contribution is 7.89. The van der Waals surface area contributed by atoms with Crippen molar-refractivity contribution in [2.45, 2.75) is 30.8 Å². The van der Waals surface area contributed by atoms with Crippen molar-refractivity contribution < 1.29 is 18.0 Å². The number of nitrogens with one attached hydrogen (secondary N) is 1. The Bertz CT molecular complexity index is 1650. The Kier molecular flexibility index (Phi) is 10.0. The summed E-state index contributed by atoms with van der Waals surface area (Å²) >= 11 is 12.4. The Hall–Kier alpha value is -3.43. The zero-order valence-corrected chi connectivity index (χ0v) is 25.1. The van der Waals surface area contributed by atoms with Gasteiger partial charge in [0.1, 0.15) is 6.04 Å². The Labute approximate surface area is 250 Å². The molecule has 0 aromatic heterocycles. The van der Waals surface area contributed by atoms with Crippen LogP contribution in [0.25, 0.3) is 10.8 Å². The van der Waals surface area contributed by atoms with Gasteiger partial charge in [-0.2, -0.15) is 4.31 Å². The summed E-state index contributed by atoms with van der Waals surface area (Å²) in [6.07, 6.45) is 0.237. The van der Waals surface area contributed by atoms with Gasteiger partial charge in [-0.15, -0.1) is 0 Å². The van der Waals surface area contributed by atoms with Gasteiger partial charge in [0.2, 0.25) is 21.8 Å². The van der Waals surface area contributed by atoms with Crippen LogP contribution in [0.5, 0.6) is 0 Å². The van der Waals surface area contributed by atoms with Crippen LogP contribution in [0.1, 0.15) is 18.1 Å². The van der Waals surface area contributed by atoms with Crippen LogP contribution in [0.2, 0.25) is 10.0 Å². The number of rotatable bonds is 11. The summed E-state index contributed by atoms with van der Waals surface area (Å²) in [5.74, 6) is -0.875. The van der Waals surface area contributed by atoms with E-state index in [0.717, 1.165) is 20.6 Å². The number of nitrogens with zero attached hydrogens (tertiary/aromatic N) is 2. The van der Waals surface area contributed by atoms with E-state index in [-0.39, 0.29) is 23.8 Å². The number of benzene rings is 4. The van der Waals surface area contributed by atoms with E-state index in [1.165, 1.54) is 18.0 Å². The van der Waals surface area contributed by atoms with Crippen LogP contribution in [0.3, 0.4) is 0 Å². The predicted molar refractivity (Wildman–Crippen MR) is 163 cm³/mol. The molecule has 1 atom stereocenters. The van der Waals surface area contributed by atoms with E-state index in [1.807, 2.05) is 54.6 Å². The summed E-state index contributed by atoms with van der Waals surface area (Å²) in [5, 5.41) is 5.17. The summed E-state index contributed by atoms with van der Waals surface area (Å²) in [6, 6.07) is 25.7. The van der Waals surface area contributed by atoms with Gasteiger partial charge in [0.15, 0.2) is 0 Å². The summed E-state index contributed by atoms with van der Waals surface area (Å²) in [6.45, 7) is 1.72. The molecule has 41 heavy (non-hydrogen) atoms. The molecule has 214 valence electrons. The molecule has 0 heterocycles. The van der Waals surface area contributed by atoms with Crippen molar-refractivity contribution in [2.24, 2.45) is 0 Å². The number of carbonyl (C=O) groups is 2. The predicted octanol–water partition coefficient (Wildman–Crippen LogP) is 5.54. The van der Waals surface area contributed by atoms with Crippen molar-refractivity contribution in [3.63, 3.8) is 0 Å². The Morgan fingerprint density at radius 3 is 2.20 bits per heavy atom. The number of hydrogen-bond donors (Lipinski definition) is 1. The molecule has 0 aliphatic rings. The van der Waals surface area contributed by atoms with Gasteiger partial charge in [-0.1, -0.05) is 89.9 Å². The smallest absolute Gasteiger partial charge is 0.243 e. The molecule has 0 fully saturated rings. The molecule has 0 radical (unpaired) electrons. The average Bonchev–Trinajstić information content (AvgIpc) is 2.97. The molecule has 4 aromatic rings. The van der Waals surface area contributed by atoms with Gasteiger partial charge >= 0.3 is 0 Å². The first-order chi connectivity index (χ1) is 19.6. The van der Waals surface area contributed by atoms with Gasteiger partial charge < -0.3 is 10.2 Å². The highest BCUT2D eigenvalue weighted by atomic mass is 35.5. The lowest BCUT2D eigenvalue weighted by molar-refractivity contribution is -0.141. The van der Waals surface area contributed by atoms with Crippen LogP contribution in [-0.2, 0) is 32.6 Å². The van der Waals surface area contributed by atoms with Crippen molar-refractivity contribution in [1.82, 2.24) is 14.5 Å². The zero-order valence-electron chi connectivity index (χ0n) is 22.8. The van der Waals surface area contributed by atoms with Crippen molar-refractivity contribution in [1.29, 1.82) is 0 Å². The summed E-state index contributed by atoms with van der Waals surface area (Å²) in [7, 11) is -2.65. The quantitative estimate of drug-likeness (QED) is 0.241. The molecule has 0 unspecified atom stereocenters. The van der Waals surface area contributed by atoms with Gasteiger partial charge in [-0.25, -0.2) is 8.42 Å². The van der Waals surface area contributed by atoms with E-state index in [9.17, 15) is 18.0 Å². The van der Waals surface area contributed by atoms with Crippen molar-refractivity contribution in [3.8, 4) is 0 Å². The minimum atomic E-state index is -4.01. The average molecular weight is 613 g/mol. The Morgan fingerprint density at radius 2 is 1.51 bits per heavy atom. The third kappa shape index (κ3) is 7.45. The molecule has 7 nitrogen and oxygen atoms in total. The number of fused-ring (bicyclic) bond motifs is 1. The van der Waals surface area contributed by atoms with Crippen molar-refractivity contribution in [3.05, 3.63) is 112 Å². The summed E-state index contributed by atoms with van der Waals surface area (Å²) in [4.78, 5) is 28.8. The maximum atomic E-state index is 13.9. The first-order valence-electron chi connectivity index (χ1n) is 13.1. The molecule has 0 spiro atoms. The molecule has 2 amide bonds. The maximum absolute atomic E-state index is 13.9. The minimum absolute atomic E-state index is 0.0220. The van der Waals surface area contributed by atoms with Crippen LogP contribution < -0.4 is 5.32 Å². The van der Waals surface area contributed by atoms with Crippen molar-refractivity contribution in [2.75, 3.05) is 20.1 Å². The fourth-order valence-corrected chi connectivity index (χ4v) is 6.03. The molecule has 1 N–H and O–H groups in total. The summed E-state index contributed by atoms with van der Waals surface area (Å²) in [5.41, 5.74) is 1.50. The van der Waals surface area contributed by atoms with Crippen molar-refractivity contribution >= 4 is 55.8 Å². The molecular formula is C31H31Cl2N3O4S. The number of carbonyl (C=O) groups excluding carboxylic acids is 2. The fourth-order valence-electron chi connectivity index (χ4n) is 4.55. The highest BCUT2D eigenvalue weighted by Crippen LogP contribution is 2.25. The molecule has 0 aliphatic heterocycles. The van der Waals surface area contributed by atoms with E-state index >= 15 is 0 Å². The number of likely N-dealkylation sites (N-methyl/N-ethyl adjacent to an activating group) is 2.